The number of nitrogens with one attached hydrogen (secondary N) is 2. The highest BCUT2D eigenvalue weighted by Gasteiger charge is 2.25. The van der Waals surface area contributed by atoms with Crippen LogP contribution in [0.1, 0.15) is 48.9 Å². The Labute approximate surface area is 222 Å². The molecule has 9 nitrogen and oxygen atoms in total. The van der Waals surface area contributed by atoms with E-state index in [1.54, 1.807) is 43.8 Å². The molecule has 1 aromatic heterocycles. The van der Waals surface area contributed by atoms with Gasteiger partial charge in [-0.05, 0) is 79.0 Å². The molecule has 1 fully saturated rings. The van der Waals surface area contributed by atoms with E-state index in [2.05, 4.69) is 31.8 Å². The average Bonchev–Trinajstić information content (AvgIpc) is 2.93. The molecule has 0 bridgehead atoms. The van der Waals surface area contributed by atoms with E-state index in [1.165, 1.54) is 6.92 Å². The van der Waals surface area contributed by atoms with Crippen LogP contribution in [0.5, 0.6) is 11.5 Å². The summed E-state index contributed by atoms with van der Waals surface area (Å²) >= 11 is 0. The number of aromatic nitrogens is 1. The number of benzene rings is 2. The molecule has 198 valence electrons. The zero-order valence-electron chi connectivity index (χ0n) is 21.7. The van der Waals surface area contributed by atoms with E-state index in [-0.39, 0.29) is 31.0 Å². The Balaban J connectivity index is 1.33. The van der Waals surface area contributed by atoms with Crippen LogP contribution in [-0.4, -0.2) is 48.1 Å². The molecule has 2 N–H and O–H groups in total. The van der Waals surface area contributed by atoms with Gasteiger partial charge in [-0.3, -0.25) is 19.5 Å². The standard InChI is InChI=1S/C29H33N5O4/c1-21(35)32-25-9-11-26(12-10-25)38-20-24-16-22(8-13-28(24)37-2)17-31-33-29(36)19-34-15-4-3-7-27(34)23-6-5-14-30-18-23/h5-6,8-14,16-18,27H,3-4,7,15,19-20H2,1-2H3,(H,32,35)(H,33,36)/b31-17-/t27-/m1/s1. The molecule has 2 aromatic carbocycles. The van der Waals surface area contributed by atoms with Crippen LogP contribution in [0.4, 0.5) is 5.69 Å². The average molecular weight is 516 g/mol. The number of nitrogens with zero attached hydrogens (tertiary/aromatic N) is 3. The lowest BCUT2D eigenvalue weighted by Crippen LogP contribution is -2.40. The highest BCUT2D eigenvalue weighted by molar-refractivity contribution is 5.88. The molecular formula is C29H33N5O4. The lowest BCUT2D eigenvalue weighted by atomic mass is 9.96. The summed E-state index contributed by atoms with van der Waals surface area (Å²) in [4.78, 5) is 30.3. The normalized spacial score (nSPS) is 15.7. The van der Waals surface area contributed by atoms with Gasteiger partial charge in [0.15, 0.2) is 0 Å². The third-order valence-corrected chi connectivity index (χ3v) is 6.31. The molecule has 3 aromatic rings. The minimum absolute atomic E-state index is 0.126. The summed E-state index contributed by atoms with van der Waals surface area (Å²) in [6.45, 7) is 2.89. The summed E-state index contributed by atoms with van der Waals surface area (Å²) in [6, 6.07) is 17.0. The summed E-state index contributed by atoms with van der Waals surface area (Å²) < 4.78 is 11.4. The van der Waals surface area contributed by atoms with Gasteiger partial charge in [-0.2, -0.15) is 5.10 Å². The molecule has 0 unspecified atom stereocenters. The van der Waals surface area contributed by atoms with Crippen molar-refractivity contribution in [2.75, 3.05) is 25.5 Å². The van der Waals surface area contributed by atoms with Gasteiger partial charge in [0, 0.05) is 36.6 Å². The van der Waals surface area contributed by atoms with E-state index in [0.29, 0.717) is 17.2 Å². The minimum Gasteiger partial charge on any atom is -0.496 e. The van der Waals surface area contributed by atoms with Crippen LogP contribution in [0.15, 0.2) is 72.1 Å². The Morgan fingerprint density at radius 2 is 2.00 bits per heavy atom. The van der Waals surface area contributed by atoms with E-state index in [1.807, 2.05) is 30.5 Å². The van der Waals surface area contributed by atoms with Gasteiger partial charge in [0.2, 0.25) is 5.91 Å². The maximum Gasteiger partial charge on any atom is 0.254 e. The molecule has 9 heteroatoms. The number of methoxy groups -OCH3 is 1. The number of rotatable bonds is 10. The largest absolute Gasteiger partial charge is 0.496 e. The molecule has 0 saturated carbocycles. The third-order valence-electron chi connectivity index (χ3n) is 6.31. The van der Waals surface area contributed by atoms with E-state index >= 15 is 0 Å². The van der Waals surface area contributed by atoms with Crippen LogP contribution in [0.3, 0.4) is 0 Å². The van der Waals surface area contributed by atoms with Crippen molar-refractivity contribution in [3.63, 3.8) is 0 Å². The van der Waals surface area contributed by atoms with E-state index in [9.17, 15) is 9.59 Å². The summed E-state index contributed by atoms with van der Waals surface area (Å²) in [7, 11) is 1.61. The minimum atomic E-state index is -0.156. The SMILES string of the molecule is COc1ccc(/C=N\NC(=O)CN2CCCC[C@@H]2c2cccnc2)cc1COc1ccc(NC(C)=O)cc1. The van der Waals surface area contributed by atoms with Crippen LogP contribution in [-0.2, 0) is 16.2 Å². The Morgan fingerprint density at radius 1 is 1.16 bits per heavy atom. The molecule has 1 aliphatic heterocycles. The smallest absolute Gasteiger partial charge is 0.254 e. The van der Waals surface area contributed by atoms with Gasteiger partial charge < -0.3 is 14.8 Å². The zero-order chi connectivity index (χ0) is 26.7. The fourth-order valence-electron chi connectivity index (χ4n) is 4.52. The predicted molar refractivity (Wildman–Crippen MR) is 146 cm³/mol. The van der Waals surface area contributed by atoms with Gasteiger partial charge in [-0.15, -0.1) is 0 Å². The molecular weight excluding hydrogens is 482 g/mol. The van der Waals surface area contributed by atoms with Crippen molar-refractivity contribution in [3.8, 4) is 11.5 Å². The monoisotopic (exact) mass is 515 g/mol. The molecule has 0 radical (unpaired) electrons. The first-order valence-corrected chi connectivity index (χ1v) is 12.6. The third kappa shape index (κ3) is 7.63. The number of anilines is 1. The first-order chi connectivity index (χ1) is 18.5. The fourth-order valence-corrected chi connectivity index (χ4v) is 4.52. The number of hydrogen-bond acceptors (Lipinski definition) is 7. The van der Waals surface area contributed by atoms with Crippen LogP contribution < -0.4 is 20.2 Å². The number of hydrazone groups is 1. The highest BCUT2D eigenvalue weighted by atomic mass is 16.5. The second-order valence-corrected chi connectivity index (χ2v) is 9.13. The molecule has 1 saturated heterocycles. The molecule has 0 spiro atoms. The van der Waals surface area contributed by atoms with Crippen molar-refractivity contribution in [1.82, 2.24) is 15.3 Å². The van der Waals surface area contributed by atoms with Gasteiger partial charge >= 0.3 is 0 Å². The molecule has 4 rings (SSSR count). The van der Waals surface area contributed by atoms with Gasteiger partial charge in [0.1, 0.15) is 18.1 Å². The van der Waals surface area contributed by atoms with Crippen molar-refractivity contribution >= 4 is 23.7 Å². The van der Waals surface area contributed by atoms with Crippen molar-refractivity contribution < 1.29 is 19.1 Å². The zero-order valence-corrected chi connectivity index (χ0v) is 21.7. The highest BCUT2D eigenvalue weighted by Crippen LogP contribution is 2.30. The van der Waals surface area contributed by atoms with E-state index in [0.717, 1.165) is 42.5 Å². The lowest BCUT2D eigenvalue weighted by Gasteiger charge is -2.35. The molecule has 0 aliphatic carbocycles. The first kappa shape index (κ1) is 26.8. The summed E-state index contributed by atoms with van der Waals surface area (Å²) in [5, 5.41) is 6.90. The molecule has 2 amide bonds. The van der Waals surface area contributed by atoms with Gasteiger partial charge in [-0.25, -0.2) is 5.43 Å². The van der Waals surface area contributed by atoms with Crippen molar-refractivity contribution in [1.29, 1.82) is 0 Å². The second-order valence-electron chi connectivity index (χ2n) is 9.13. The number of carbonyl (C=O) groups is 2. The number of carbonyl (C=O) groups excluding carboxylic acids is 2. The Morgan fingerprint density at radius 3 is 2.74 bits per heavy atom. The Bertz CT molecular complexity index is 1250. The summed E-state index contributed by atoms with van der Waals surface area (Å²) in [5.41, 5.74) is 6.14. The predicted octanol–water partition coefficient (Wildman–Crippen LogP) is 4.30. The van der Waals surface area contributed by atoms with Crippen LogP contribution >= 0.6 is 0 Å². The molecule has 38 heavy (non-hydrogen) atoms. The number of likely N-dealkylation sites (tertiary alicyclic amines) is 1. The fraction of sp³-hybridized carbons (Fsp3) is 0.310. The molecule has 2 heterocycles. The molecule has 1 atom stereocenters. The number of piperidine rings is 1. The summed E-state index contributed by atoms with van der Waals surface area (Å²) in [5.74, 6) is 1.07. The van der Waals surface area contributed by atoms with Crippen molar-refractivity contribution in [2.24, 2.45) is 5.10 Å². The molecule has 1 aliphatic rings. The van der Waals surface area contributed by atoms with E-state index < -0.39 is 0 Å². The van der Waals surface area contributed by atoms with Crippen LogP contribution in [0.2, 0.25) is 0 Å². The number of ether oxygens (including phenoxy) is 2. The quantitative estimate of drug-likeness (QED) is 0.308. The van der Waals surface area contributed by atoms with Crippen LogP contribution in [0, 0.1) is 0 Å². The van der Waals surface area contributed by atoms with Crippen LogP contribution in [0.25, 0.3) is 0 Å². The maximum atomic E-state index is 12.6. The van der Waals surface area contributed by atoms with Gasteiger partial charge in [-0.1, -0.05) is 12.5 Å². The topological polar surface area (TPSA) is 105 Å². The maximum absolute atomic E-state index is 12.6. The van der Waals surface area contributed by atoms with Gasteiger partial charge in [0.25, 0.3) is 5.91 Å². The Hall–Kier alpha value is -4.24. The summed E-state index contributed by atoms with van der Waals surface area (Å²) in [6.07, 6.45) is 8.48. The number of hydrogen-bond donors (Lipinski definition) is 2. The Kier molecular flexibility index (Phi) is 9.42. The number of amides is 2. The van der Waals surface area contributed by atoms with E-state index in [4.69, 9.17) is 9.47 Å². The van der Waals surface area contributed by atoms with Crippen molar-refractivity contribution in [3.05, 3.63) is 83.7 Å². The first-order valence-electron chi connectivity index (χ1n) is 12.6. The van der Waals surface area contributed by atoms with Gasteiger partial charge in [0.05, 0.1) is 19.9 Å². The second kappa shape index (κ2) is 13.3. The lowest BCUT2D eigenvalue weighted by molar-refractivity contribution is -0.123. The van der Waals surface area contributed by atoms with Crippen molar-refractivity contribution in [2.45, 2.75) is 38.8 Å². The number of pyridine rings is 1.